The van der Waals surface area contributed by atoms with Gasteiger partial charge in [-0.1, -0.05) is 24.3 Å². The monoisotopic (exact) mass is 468 g/mol. The second-order valence-corrected chi connectivity index (χ2v) is 6.45. The fourth-order valence-electron chi connectivity index (χ4n) is 3.22. The Labute approximate surface area is 173 Å². The van der Waals surface area contributed by atoms with E-state index in [1.165, 1.54) is 11.1 Å². The third kappa shape index (κ3) is 5.70. The molecule has 1 aromatic carbocycles. The minimum atomic E-state index is 0. The maximum absolute atomic E-state index is 4.28. The van der Waals surface area contributed by atoms with Crippen LogP contribution in [0.3, 0.4) is 0 Å². The van der Waals surface area contributed by atoms with Crippen LogP contribution in [-0.2, 0) is 26.6 Å². The third-order valence-corrected chi connectivity index (χ3v) is 4.74. The number of aromatic nitrogens is 2. The number of nitrogens with one attached hydrogen (secondary N) is 2. The summed E-state index contributed by atoms with van der Waals surface area (Å²) in [6.45, 7) is 4.98. The van der Waals surface area contributed by atoms with Crippen molar-refractivity contribution in [2.45, 2.75) is 25.9 Å². The number of guanidine groups is 1. The van der Waals surface area contributed by atoms with Gasteiger partial charge in [0.2, 0.25) is 0 Å². The van der Waals surface area contributed by atoms with E-state index in [2.05, 4.69) is 49.9 Å². The van der Waals surface area contributed by atoms with Gasteiger partial charge in [-0.15, -0.1) is 24.0 Å². The first-order chi connectivity index (χ1) is 12.3. The van der Waals surface area contributed by atoms with Crippen molar-refractivity contribution in [3.05, 3.63) is 53.3 Å². The third-order valence-electron chi connectivity index (χ3n) is 4.74. The van der Waals surface area contributed by atoms with Gasteiger partial charge in [0.15, 0.2) is 5.96 Å². The zero-order valence-electron chi connectivity index (χ0n) is 15.6. The molecule has 1 aromatic heterocycles. The molecule has 142 valence electrons. The highest BCUT2D eigenvalue weighted by Crippen LogP contribution is 2.18. The number of nitrogens with zero attached hydrogens (tertiary/aromatic N) is 4. The van der Waals surface area contributed by atoms with Crippen LogP contribution in [0.2, 0.25) is 0 Å². The number of benzene rings is 1. The largest absolute Gasteiger partial charge is 0.356 e. The average molecular weight is 468 g/mol. The van der Waals surface area contributed by atoms with Crippen molar-refractivity contribution in [3.8, 4) is 0 Å². The smallest absolute Gasteiger partial charge is 0.191 e. The molecule has 0 atom stereocenters. The lowest BCUT2D eigenvalue weighted by molar-refractivity contribution is 0.251. The van der Waals surface area contributed by atoms with Crippen LogP contribution in [0.1, 0.15) is 23.2 Å². The van der Waals surface area contributed by atoms with Gasteiger partial charge in [0, 0.05) is 46.5 Å². The summed E-state index contributed by atoms with van der Waals surface area (Å²) in [5.41, 5.74) is 4.13. The molecule has 1 aliphatic heterocycles. The van der Waals surface area contributed by atoms with Crippen LogP contribution < -0.4 is 10.6 Å². The first-order valence-corrected chi connectivity index (χ1v) is 8.97. The number of aryl methyl sites for hydroxylation is 1. The molecule has 26 heavy (non-hydrogen) atoms. The lowest BCUT2D eigenvalue weighted by Gasteiger charge is -2.28. The number of aliphatic imine (C=N–C) groups is 1. The van der Waals surface area contributed by atoms with Crippen molar-refractivity contribution in [1.29, 1.82) is 0 Å². The molecule has 0 unspecified atom stereocenters. The minimum Gasteiger partial charge on any atom is -0.356 e. The quantitative estimate of drug-likeness (QED) is 0.295. The van der Waals surface area contributed by atoms with E-state index in [4.69, 9.17) is 0 Å². The molecular formula is C19H29IN6. The van der Waals surface area contributed by atoms with Gasteiger partial charge in [0.1, 0.15) is 0 Å². The second kappa shape index (κ2) is 10.5. The first kappa shape index (κ1) is 20.7. The summed E-state index contributed by atoms with van der Waals surface area (Å²) < 4.78 is 1.87. The Bertz CT molecular complexity index is 712. The Morgan fingerprint density at radius 1 is 1.19 bits per heavy atom. The average Bonchev–Trinajstić information content (AvgIpc) is 3.06. The zero-order valence-corrected chi connectivity index (χ0v) is 17.9. The Kier molecular flexibility index (Phi) is 8.37. The van der Waals surface area contributed by atoms with Crippen LogP contribution in [0.15, 0.2) is 41.5 Å². The number of fused-ring (bicyclic) bond motifs is 1. The van der Waals surface area contributed by atoms with E-state index >= 15 is 0 Å². The molecule has 0 spiro atoms. The molecular weight excluding hydrogens is 439 g/mol. The topological polar surface area (TPSA) is 57.5 Å². The molecule has 0 bridgehead atoms. The highest BCUT2D eigenvalue weighted by atomic mass is 127. The molecule has 0 aliphatic carbocycles. The number of hydrogen-bond donors (Lipinski definition) is 2. The predicted molar refractivity (Wildman–Crippen MR) is 117 cm³/mol. The van der Waals surface area contributed by atoms with Crippen LogP contribution in [0.5, 0.6) is 0 Å². The molecule has 6 nitrogen and oxygen atoms in total. The van der Waals surface area contributed by atoms with E-state index in [1.807, 2.05) is 24.0 Å². The van der Waals surface area contributed by atoms with Crippen LogP contribution in [0.4, 0.5) is 0 Å². The number of hydrogen-bond acceptors (Lipinski definition) is 3. The molecule has 1 aliphatic rings. The molecule has 0 fully saturated rings. The van der Waals surface area contributed by atoms with Crippen molar-refractivity contribution in [1.82, 2.24) is 25.3 Å². The molecule has 7 heteroatoms. The summed E-state index contributed by atoms with van der Waals surface area (Å²) >= 11 is 0. The van der Waals surface area contributed by atoms with E-state index in [1.54, 1.807) is 7.05 Å². The normalized spacial score (nSPS) is 14.5. The molecule has 2 aromatic rings. The Morgan fingerprint density at radius 2 is 2.00 bits per heavy atom. The maximum atomic E-state index is 4.28. The van der Waals surface area contributed by atoms with Gasteiger partial charge in [0.05, 0.1) is 12.2 Å². The van der Waals surface area contributed by atoms with Gasteiger partial charge in [-0.2, -0.15) is 5.10 Å². The number of rotatable bonds is 6. The summed E-state index contributed by atoms with van der Waals surface area (Å²) in [6, 6.07) is 10.8. The standard InChI is InChI=1S/C19H28N6.HI/c1-20-19(22-14-18-8-11-23-24(18)2)21-10-5-12-25-13-9-16-6-3-4-7-17(16)15-25;/h3-4,6-8,11H,5,9-10,12-15H2,1-2H3,(H2,20,21,22);1H. The zero-order chi connectivity index (χ0) is 17.5. The molecule has 2 N–H and O–H groups in total. The molecule has 3 rings (SSSR count). The Balaban J connectivity index is 0.00000243. The Morgan fingerprint density at radius 3 is 2.73 bits per heavy atom. The van der Waals surface area contributed by atoms with Gasteiger partial charge in [-0.3, -0.25) is 14.6 Å². The van der Waals surface area contributed by atoms with Gasteiger partial charge >= 0.3 is 0 Å². The van der Waals surface area contributed by atoms with Gasteiger partial charge in [-0.05, 0) is 30.0 Å². The molecule has 0 amide bonds. The fourth-order valence-corrected chi connectivity index (χ4v) is 3.22. The van der Waals surface area contributed by atoms with Crippen LogP contribution in [0.25, 0.3) is 0 Å². The SMILES string of the molecule is CN=C(NCCCN1CCc2ccccc2C1)NCc1ccnn1C.I. The maximum Gasteiger partial charge on any atom is 0.191 e. The molecule has 0 saturated heterocycles. The molecule has 0 saturated carbocycles. The summed E-state index contributed by atoms with van der Waals surface area (Å²) in [5, 5.41) is 10.9. The summed E-state index contributed by atoms with van der Waals surface area (Å²) in [6.07, 6.45) is 4.08. The van der Waals surface area contributed by atoms with Crippen molar-refractivity contribution >= 4 is 29.9 Å². The second-order valence-electron chi connectivity index (χ2n) is 6.45. The van der Waals surface area contributed by atoms with E-state index in [9.17, 15) is 0 Å². The summed E-state index contributed by atoms with van der Waals surface area (Å²) in [4.78, 5) is 6.82. The van der Waals surface area contributed by atoms with Crippen LogP contribution in [0, 0.1) is 0 Å². The minimum absolute atomic E-state index is 0. The van der Waals surface area contributed by atoms with Crippen molar-refractivity contribution in [3.63, 3.8) is 0 Å². The van der Waals surface area contributed by atoms with Crippen LogP contribution in [-0.4, -0.2) is 47.3 Å². The molecule has 0 radical (unpaired) electrons. The van der Waals surface area contributed by atoms with Crippen molar-refractivity contribution in [2.75, 3.05) is 26.7 Å². The first-order valence-electron chi connectivity index (χ1n) is 8.97. The summed E-state index contributed by atoms with van der Waals surface area (Å²) in [5.74, 6) is 0.838. The van der Waals surface area contributed by atoms with E-state index in [0.717, 1.165) is 57.2 Å². The lowest BCUT2D eigenvalue weighted by Crippen LogP contribution is -2.39. The van der Waals surface area contributed by atoms with Crippen molar-refractivity contribution in [2.24, 2.45) is 12.0 Å². The fraction of sp³-hybridized carbons (Fsp3) is 0.474. The van der Waals surface area contributed by atoms with E-state index in [-0.39, 0.29) is 24.0 Å². The number of halogens is 1. The van der Waals surface area contributed by atoms with Gasteiger partial charge in [-0.25, -0.2) is 0 Å². The highest BCUT2D eigenvalue weighted by Gasteiger charge is 2.14. The van der Waals surface area contributed by atoms with Crippen LogP contribution >= 0.6 is 24.0 Å². The van der Waals surface area contributed by atoms with Crippen molar-refractivity contribution < 1.29 is 0 Å². The lowest BCUT2D eigenvalue weighted by atomic mass is 10.00. The predicted octanol–water partition coefficient (Wildman–Crippen LogP) is 2.15. The highest BCUT2D eigenvalue weighted by molar-refractivity contribution is 14.0. The van der Waals surface area contributed by atoms with E-state index < -0.39 is 0 Å². The molecule has 2 heterocycles. The Hall–Kier alpha value is -1.61. The van der Waals surface area contributed by atoms with Gasteiger partial charge in [0.25, 0.3) is 0 Å². The van der Waals surface area contributed by atoms with Gasteiger partial charge < -0.3 is 10.6 Å². The summed E-state index contributed by atoms with van der Waals surface area (Å²) in [7, 11) is 3.75. The van der Waals surface area contributed by atoms with E-state index in [0.29, 0.717) is 0 Å².